The van der Waals surface area contributed by atoms with Crippen LogP contribution in [0.5, 0.6) is 0 Å². The van der Waals surface area contributed by atoms with E-state index >= 15 is 0 Å². The van der Waals surface area contributed by atoms with Crippen molar-refractivity contribution in [3.63, 3.8) is 0 Å². The van der Waals surface area contributed by atoms with Crippen molar-refractivity contribution in [1.29, 1.82) is 0 Å². The molecule has 0 saturated carbocycles. The molecule has 3 heteroatoms. The van der Waals surface area contributed by atoms with Gasteiger partial charge < -0.3 is 4.57 Å². The number of hydrogen-bond acceptors (Lipinski definition) is 1. The number of para-hydroxylation sites is 3. The van der Waals surface area contributed by atoms with Gasteiger partial charge in [0, 0.05) is 33.3 Å². The normalized spacial score (nSPS) is 13.6. The molecule has 39 heavy (non-hydrogen) atoms. The number of benzene rings is 5. The average molecular weight is 502 g/mol. The van der Waals surface area contributed by atoms with Crippen LogP contribution in [0.1, 0.15) is 25.0 Å². The SMILES string of the molecule is CC1(C)c2ccccc2-c2c1c1ccccc1n2-c1cccc(-n2c(-c3ccccc3)nc3ccccc32)c1. The van der Waals surface area contributed by atoms with Crippen molar-refractivity contribution >= 4 is 21.9 Å². The van der Waals surface area contributed by atoms with Crippen molar-refractivity contribution in [3.8, 4) is 34.0 Å². The molecular weight excluding hydrogens is 474 g/mol. The second kappa shape index (κ2) is 8.05. The van der Waals surface area contributed by atoms with Crippen molar-refractivity contribution in [1.82, 2.24) is 14.1 Å². The molecule has 0 radical (unpaired) electrons. The summed E-state index contributed by atoms with van der Waals surface area (Å²) in [6, 6.07) is 45.5. The molecule has 0 spiro atoms. The molecule has 186 valence electrons. The van der Waals surface area contributed by atoms with Gasteiger partial charge in [-0.15, -0.1) is 0 Å². The Morgan fingerprint density at radius 1 is 0.590 bits per heavy atom. The van der Waals surface area contributed by atoms with Gasteiger partial charge in [0.25, 0.3) is 0 Å². The topological polar surface area (TPSA) is 22.8 Å². The number of fused-ring (bicyclic) bond motifs is 6. The minimum atomic E-state index is -0.0740. The molecule has 0 unspecified atom stereocenters. The van der Waals surface area contributed by atoms with Crippen molar-refractivity contribution in [3.05, 3.63) is 139 Å². The summed E-state index contributed by atoms with van der Waals surface area (Å²) in [5, 5.41) is 1.32. The maximum atomic E-state index is 5.06. The van der Waals surface area contributed by atoms with Crippen LogP contribution >= 0.6 is 0 Å². The Labute approximate surface area is 227 Å². The molecule has 0 bridgehead atoms. The zero-order valence-corrected chi connectivity index (χ0v) is 22.0. The summed E-state index contributed by atoms with van der Waals surface area (Å²) >= 11 is 0. The summed E-state index contributed by atoms with van der Waals surface area (Å²) in [6.45, 7) is 4.71. The van der Waals surface area contributed by atoms with E-state index in [-0.39, 0.29) is 5.41 Å². The van der Waals surface area contributed by atoms with Crippen LogP contribution in [0.3, 0.4) is 0 Å². The van der Waals surface area contributed by atoms with Gasteiger partial charge in [0.15, 0.2) is 0 Å². The van der Waals surface area contributed by atoms with Crippen molar-refractivity contribution in [2.24, 2.45) is 0 Å². The molecule has 0 atom stereocenters. The first kappa shape index (κ1) is 22.1. The lowest BCUT2D eigenvalue weighted by atomic mass is 9.81. The molecule has 0 amide bonds. The van der Waals surface area contributed by atoms with Gasteiger partial charge in [-0.2, -0.15) is 0 Å². The highest BCUT2D eigenvalue weighted by Gasteiger charge is 2.40. The highest BCUT2D eigenvalue weighted by molar-refractivity contribution is 5.99. The third-order valence-electron chi connectivity index (χ3n) is 8.29. The molecule has 3 nitrogen and oxygen atoms in total. The third-order valence-corrected chi connectivity index (χ3v) is 8.29. The molecular formula is C36H27N3. The Balaban J connectivity index is 1.42. The molecule has 1 aliphatic carbocycles. The van der Waals surface area contributed by atoms with E-state index in [1.165, 1.54) is 33.3 Å². The standard InChI is InChI=1S/C36H27N3/c1-36(2)29-19-8-6-17-27(29)34-33(36)28-18-7-10-21-31(28)38(34)25-15-12-16-26(23-25)39-32-22-11-9-20-30(32)37-35(39)24-13-4-3-5-14-24/h3-23H,1-2H3. The largest absolute Gasteiger partial charge is 0.309 e. The van der Waals surface area contributed by atoms with Crippen LogP contribution in [0.15, 0.2) is 127 Å². The molecule has 1 aliphatic rings. The minimum absolute atomic E-state index is 0.0740. The Bertz CT molecular complexity index is 2040. The highest BCUT2D eigenvalue weighted by atomic mass is 15.1. The fourth-order valence-electron chi connectivity index (χ4n) is 6.60. The Morgan fingerprint density at radius 2 is 1.26 bits per heavy atom. The molecule has 8 rings (SSSR count). The van der Waals surface area contributed by atoms with Crippen LogP contribution in [0.25, 0.3) is 56.0 Å². The molecule has 0 saturated heterocycles. The quantitative estimate of drug-likeness (QED) is 0.237. The lowest BCUT2D eigenvalue weighted by Crippen LogP contribution is -2.14. The lowest BCUT2D eigenvalue weighted by Gasteiger charge is -2.21. The first-order valence-corrected chi connectivity index (χ1v) is 13.5. The smallest absolute Gasteiger partial charge is 0.145 e. The molecule has 0 aliphatic heterocycles. The zero-order valence-electron chi connectivity index (χ0n) is 22.0. The summed E-state index contributed by atoms with van der Waals surface area (Å²) in [4.78, 5) is 5.06. The van der Waals surface area contributed by atoms with E-state index in [0.717, 1.165) is 33.8 Å². The van der Waals surface area contributed by atoms with Gasteiger partial charge in [0.1, 0.15) is 5.82 Å². The second-order valence-electron chi connectivity index (χ2n) is 10.9. The van der Waals surface area contributed by atoms with Crippen LogP contribution in [-0.4, -0.2) is 14.1 Å². The Hall–Kier alpha value is -4.89. The monoisotopic (exact) mass is 501 g/mol. The van der Waals surface area contributed by atoms with Gasteiger partial charge in [-0.25, -0.2) is 4.98 Å². The van der Waals surface area contributed by atoms with Crippen LogP contribution in [0, 0.1) is 0 Å². The van der Waals surface area contributed by atoms with Gasteiger partial charge in [0.2, 0.25) is 0 Å². The number of hydrogen-bond donors (Lipinski definition) is 0. The van der Waals surface area contributed by atoms with Crippen LogP contribution in [-0.2, 0) is 5.41 Å². The summed E-state index contributed by atoms with van der Waals surface area (Å²) in [5.41, 5.74) is 12.0. The maximum absolute atomic E-state index is 5.06. The second-order valence-corrected chi connectivity index (χ2v) is 10.9. The van der Waals surface area contributed by atoms with Gasteiger partial charge in [-0.05, 0) is 47.5 Å². The molecule has 7 aromatic rings. The number of imidazole rings is 1. The highest BCUT2D eigenvalue weighted by Crippen LogP contribution is 2.53. The van der Waals surface area contributed by atoms with E-state index in [2.05, 4.69) is 144 Å². The van der Waals surface area contributed by atoms with Gasteiger partial charge in [0.05, 0.1) is 22.2 Å². The summed E-state index contributed by atoms with van der Waals surface area (Å²) in [5.74, 6) is 0.947. The van der Waals surface area contributed by atoms with Gasteiger partial charge in [-0.3, -0.25) is 4.57 Å². The van der Waals surface area contributed by atoms with Crippen LogP contribution in [0.4, 0.5) is 0 Å². The molecule has 2 aromatic heterocycles. The predicted molar refractivity (Wildman–Crippen MR) is 161 cm³/mol. The molecule has 2 heterocycles. The lowest BCUT2D eigenvalue weighted by molar-refractivity contribution is 0.666. The summed E-state index contributed by atoms with van der Waals surface area (Å²) < 4.78 is 4.75. The molecule has 0 N–H and O–H groups in total. The maximum Gasteiger partial charge on any atom is 0.145 e. The van der Waals surface area contributed by atoms with E-state index in [9.17, 15) is 0 Å². The molecule has 0 fully saturated rings. The summed E-state index contributed by atoms with van der Waals surface area (Å²) in [6.07, 6.45) is 0. The first-order valence-electron chi connectivity index (χ1n) is 13.5. The number of aromatic nitrogens is 3. The van der Waals surface area contributed by atoms with Crippen molar-refractivity contribution in [2.45, 2.75) is 19.3 Å². The van der Waals surface area contributed by atoms with Crippen LogP contribution in [0.2, 0.25) is 0 Å². The van der Waals surface area contributed by atoms with Gasteiger partial charge >= 0.3 is 0 Å². The fourth-order valence-corrected chi connectivity index (χ4v) is 6.60. The van der Waals surface area contributed by atoms with E-state index in [4.69, 9.17) is 4.98 Å². The first-order chi connectivity index (χ1) is 19.1. The molecule has 5 aromatic carbocycles. The zero-order chi connectivity index (χ0) is 26.1. The number of rotatable bonds is 3. The van der Waals surface area contributed by atoms with E-state index < -0.39 is 0 Å². The van der Waals surface area contributed by atoms with Crippen molar-refractivity contribution < 1.29 is 0 Å². The number of nitrogens with zero attached hydrogens (tertiary/aromatic N) is 3. The predicted octanol–water partition coefficient (Wildman–Crippen LogP) is 8.94. The third kappa shape index (κ3) is 3.07. The van der Waals surface area contributed by atoms with Crippen LogP contribution < -0.4 is 0 Å². The van der Waals surface area contributed by atoms with E-state index in [0.29, 0.717) is 0 Å². The Kier molecular flexibility index (Phi) is 4.57. The summed E-state index contributed by atoms with van der Waals surface area (Å²) in [7, 11) is 0. The van der Waals surface area contributed by atoms with E-state index in [1.807, 2.05) is 6.07 Å². The average Bonchev–Trinajstić information content (AvgIpc) is 3.61. The van der Waals surface area contributed by atoms with Crippen molar-refractivity contribution in [2.75, 3.05) is 0 Å². The Morgan fingerprint density at radius 3 is 2.10 bits per heavy atom. The van der Waals surface area contributed by atoms with E-state index in [1.54, 1.807) is 0 Å². The fraction of sp³-hybridized carbons (Fsp3) is 0.0833. The minimum Gasteiger partial charge on any atom is -0.309 e. The van der Waals surface area contributed by atoms with Gasteiger partial charge in [-0.1, -0.05) is 105 Å².